The Morgan fingerprint density at radius 2 is 2.00 bits per heavy atom. The molecule has 0 saturated carbocycles. The second kappa shape index (κ2) is 7.02. The molecule has 0 saturated heterocycles. The summed E-state index contributed by atoms with van der Waals surface area (Å²) in [5, 5.41) is 16.2. The van der Waals surface area contributed by atoms with E-state index >= 15 is 0 Å². The highest BCUT2D eigenvalue weighted by atomic mass is 32.1. The number of nitrogens with one attached hydrogen (secondary N) is 1. The largest absolute Gasteiger partial charge is 0.330 e. The zero-order valence-corrected chi connectivity index (χ0v) is 12.9. The van der Waals surface area contributed by atoms with Gasteiger partial charge in [0.1, 0.15) is 17.1 Å². The first kappa shape index (κ1) is 15.2. The zero-order chi connectivity index (χ0) is 15.2. The number of thiophene rings is 1. The Labute approximate surface area is 128 Å². The van der Waals surface area contributed by atoms with Crippen molar-refractivity contribution < 1.29 is 10.1 Å². The van der Waals surface area contributed by atoms with Crippen LogP contribution in [0.15, 0.2) is 41.8 Å². The number of rotatable bonds is 5. The van der Waals surface area contributed by atoms with E-state index in [1.165, 1.54) is 16.9 Å². The van der Waals surface area contributed by atoms with Gasteiger partial charge in [-0.3, -0.25) is 4.79 Å². The summed E-state index contributed by atoms with van der Waals surface area (Å²) < 4.78 is 0. The van der Waals surface area contributed by atoms with Crippen molar-refractivity contribution in [1.29, 1.82) is 5.26 Å². The van der Waals surface area contributed by atoms with Crippen molar-refractivity contribution >= 4 is 22.2 Å². The van der Waals surface area contributed by atoms with Crippen LogP contribution in [0.3, 0.4) is 0 Å². The highest BCUT2D eigenvalue weighted by molar-refractivity contribution is 7.14. The first-order valence-electron chi connectivity index (χ1n) is 6.80. The second-order valence-corrected chi connectivity index (χ2v) is 5.86. The monoisotopic (exact) mass is 300 g/mol. The summed E-state index contributed by atoms with van der Waals surface area (Å²) in [4.78, 5) is 12.2. The van der Waals surface area contributed by atoms with Crippen LogP contribution in [-0.2, 0) is 4.79 Å². The second-order valence-electron chi connectivity index (χ2n) is 4.94. The Kier molecular flexibility index (Phi) is 5.09. The number of hydrogen-bond donors (Lipinski definition) is 2. The lowest BCUT2D eigenvalue weighted by atomic mass is 10.1. The van der Waals surface area contributed by atoms with Gasteiger partial charge in [0.15, 0.2) is 6.04 Å². The molecule has 0 aliphatic carbocycles. The molecule has 0 spiro atoms. The number of hydrogen-bond acceptors (Lipinski definition) is 3. The Morgan fingerprint density at radius 1 is 1.29 bits per heavy atom. The van der Waals surface area contributed by atoms with Gasteiger partial charge >= 0.3 is 0 Å². The van der Waals surface area contributed by atoms with E-state index in [1.807, 2.05) is 30.4 Å². The van der Waals surface area contributed by atoms with E-state index in [9.17, 15) is 4.79 Å². The molecule has 0 unspecified atom stereocenters. The van der Waals surface area contributed by atoms with Crippen molar-refractivity contribution in [3.05, 3.63) is 52.9 Å². The molecule has 4 nitrogen and oxygen atoms in total. The van der Waals surface area contributed by atoms with Gasteiger partial charge in [0.25, 0.3) is 5.91 Å². The number of nitrogens with zero attached hydrogens (tertiary/aromatic N) is 1. The molecule has 5 heteroatoms. The summed E-state index contributed by atoms with van der Waals surface area (Å²) in [5.74, 6) is -0.0864. The van der Waals surface area contributed by atoms with Crippen LogP contribution in [0.2, 0.25) is 0 Å². The number of nitriles is 1. The van der Waals surface area contributed by atoms with Gasteiger partial charge in [0.05, 0.1) is 5.56 Å². The molecule has 0 aliphatic rings. The molecule has 1 aromatic carbocycles. The van der Waals surface area contributed by atoms with Crippen molar-refractivity contribution in [2.75, 3.05) is 5.32 Å². The number of carbonyl (C=O) groups excluding carboxylic acids is 1. The van der Waals surface area contributed by atoms with E-state index in [0.717, 1.165) is 0 Å². The Bertz CT molecular complexity index is 645. The summed E-state index contributed by atoms with van der Waals surface area (Å²) in [6.45, 7) is 3.94. The van der Waals surface area contributed by atoms with E-state index in [2.05, 4.69) is 30.4 Å². The molecule has 2 atom stereocenters. The van der Waals surface area contributed by atoms with Gasteiger partial charge in [-0.2, -0.15) is 5.26 Å². The Hall–Kier alpha value is -2.16. The van der Waals surface area contributed by atoms with Crippen molar-refractivity contribution in [1.82, 2.24) is 0 Å². The highest BCUT2D eigenvalue weighted by Crippen LogP contribution is 2.22. The van der Waals surface area contributed by atoms with Crippen LogP contribution in [0.4, 0.5) is 5.00 Å². The van der Waals surface area contributed by atoms with Crippen LogP contribution in [0.1, 0.15) is 31.0 Å². The maximum absolute atomic E-state index is 12.2. The number of quaternary nitrogens is 1. The van der Waals surface area contributed by atoms with Crippen LogP contribution >= 0.6 is 11.3 Å². The molecule has 1 aromatic heterocycles. The topological polar surface area (TPSA) is 69.5 Å². The molecule has 1 heterocycles. The lowest BCUT2D eigenvalue weighted by Crippen LogP contribution is -2.91. The number of benzene rings is 1. The summed E-state index contributed by atoms with van der Waals surface area (Å²) in [7, 11) is 0. The van der Waals surface area contributed by atoms with Crippen molar-refractivity contribution in [3.63, 3.8) is 0 Å². The van der Waals surface area contributed by atoms with E-state index in [1.54, 1.807) is 11.4 Å². The van der Waals surface area contributed by atoms with Crippen LogP contribution in [0.5, 0.6) is 0 Å². The van der Waals surface area contributed by atoms with Crippen LogP contribution in [-0.4, -0.2) is 11.9 Å². The standard InChI is InChI=1S/C16H17N3OS/c1-11(13-6-4-3-5-7-13)18-12(2)15(20)19-16-14(10-17)8-9-21-16/h3-9,11-12,18H,1-2H3,(H,19,20)/p+1/t11-,12-/m0/s1. The lowest BCUT2D eigenvalue weighted by molar-refractivity contribution is -0.709. The highest BCUT2D eigenvalue weighted by Gasteiger charge is 2.21. The van der Waals surface area contributed by atoms with Crippen LogP contribution in [0, 0.1) is 11.3 Å². The predicted octanol–water partition coefficient (Wildman–Crippen LogP) is 2.27. The van der Waals surface area contributed by atoms with Gasteiger partial charge < -0.3 is 10.6 Å². The maximum Gasteiger partial charge on any atom is 0.282 e. The molecule has 0 aliphatic heterocycles. The third-order valence-electron chi connectivity index (χ3n) is 3.34. The quantitative estimate of drug-likeness (QED) is 0.889. The van der Waals surface area contributed by atoms with E-state index in [4.69, 9.17) is 5.26 Å². The number of amides is 1. The van der Waals surface area contributed by atoms with Gasteiger partial charge in [-0.15, -0.1) is 11.3 Å². The fraction of sp³-hybridized carbons (Fsp3) is 0.250. The van der Waals surface area contributed by atoms with Crippen LogP contribution in [0.25, 0.3) is 0 Å². The summed E-state index contributed by atoms with van der Waals surface area (Å²) in [5.41, 5.74) is 1.70. The first-order chi connectivity index (χ1) is 10.1. The van der Waals surface area contributed by atoms with E-state index in [0.29, 0.717) is 10.6 Å². The Morgan fingerprint density at radius 3 is 2.67 bits per heavy atom. The zero-order valence-electron chi connectivity index (χ0n) is 12.0. The van der Waals surface area contributed by atoms with Gasteiger partial charge in [0.2, 0.25) is 0 Å². The van der Waals surface area contributed by atoms with Crippen molar-refractivity contribution in [2.45, 2.75) is 25.9 Å². The van der Waals surface area contributed by atoms with Crippen molar-refractivity contribution in [3.8, 4) is 6.07 Å². The normalized spacial score (nSPS) is 13.2. The minimum atomic E-state index is -0.228. The average molecular weight is 300 g/mol. The fourth-order valence-electron chi connectivity index (χ4n) is 2.11. The molecule has 0 radical (unpaired) electrons. The van der Waals surface area contributed by atoms with Crippen LogP contribution < -0.4 is 10.6 Å². The molecule has 108 valence electrons. The van der Waals surface area contributed by atoms with E-state index < -0.39 is 0 Å². The molecule has 1 amide bonds. The van der Waals surface area contributed by atoms with Gasteiger partial charge in [-0.1, -0.05) is 30.3 Å². The summed E-state index contributed by atoms with van der Waals surface area (Å²) >= 11 is 1.37. The summed E-state index contributed by atoms with van der Waals surface area (Å²) in [6.07, 6.45) is 0. The molecule has 2 rings (SSSR count). The number of nitrogens with two attached hydrogens (primary N) is 1. The molecular formula is C16H18N3OS+. The lowest BCUT2D eigenvalue weighted by Gasteiger charge is -2.16. The van der Waals surface area contributed by atoms with Gasteiger partial charge in [-0.25, -0.2) is 0 Å². The third-order valence-corrected chi connectivity index (χ3v) is 4.17. The molecular weight excluding hydrogens is 282 g/mol. The van der Waals surface area contributed by atoms with Crippen molar-refractivity contribution in [2.24, 2.45) is 0 Å². The molecule has 21 heavy (non-hydrogen) atoms. The smallest absolute Gasteiger partial charge is 0.282 e. The molecule has 0 bridgehead atoms. The molecule has 3 N–H and O–H groups in total. The minimum absolute atomic E-state index is 0.0864. The SMILES string of the molecule is C[C@H]([NH2+][C@@H](C)c1ccccc1)C(=O)Nc1sccc1C#N. The molecule has 2 aromatic rings. The Balaban J connectivity index is 1.96. The third kappa shape index (κ3) is 3.91. The first-order valence-corrected chi connectivity index (χ1v) is 7.68. The van der Waals surface area contributed by atoms with E-state index in [-0.39, 0.29) is 18.0 Å². The summed E-state index contributed by atoms with van der Waals surface area (Å²) in [6, 6.07) is 13.8. The average Bonchev–Trinajstić information content (AvgIpc) is 2.95. The fourth-order valence-corrected chi connectivity index (χ4v) is 2.85. The van der Waals surface area contributed by atoms with Gasteiger partial charge in [0, 0.05) is 5.56 Å². The number of anilines is 1. The minimum Gasteiger partial charge on any atom is -0.330 e. The van der Waals surface area contributed by atoms with Gasteiger partial charge in [-0.05, 0) is 25.3 Å². The maximum atomic E-state index is 12.2. The number of carbonyl (C=O) groups is 1. The predicted molar refractivity (Wildman–Crippen MR) is 83.9 cm³/mol. The molecule has 0 fully saturated rings.